The van der Waals surface area contributed by atoms with E-state index in [4.69, 9.17) is 6.42 Å². The molecule has 0 atom stereocenters. The van der Waals surface area contributed by atoms with Crippen molar-refractivity contribution in [3.8, 4) is 18.1 Å². The van der Waals surface area contributed by atoms with Crippen molar-refractivity contribution in [2.24, 2.45) is 0 Å². The molecule has 104 valence electrons. The fourth-order valence-corrected chi connectivity index (χ4v) is 2.47. The van der Waals surface area contributed by atoms with Gasteiger partial charge in [0.15, 0.2) is 0 Å². The van der Waals surface area contributed by atoms with Crippen LogP contribution in [0, 0.1) is 18.2 Å². The molecule has 1 nitrogen and oxygen atoms in total. The number of hydrogen-bond donors (Lipinski definition) is 1. The first kappa shape index (κ1) is 14.3. The van der Waals surface area contributed by atoms with Gasteiger partial charge in [0.05, 0.1) is 11.1 Å². The van der Waals surface area contributed by atoms with Crippen molar-refractivity contribution in [2.45, 2.75) is 26.2 Å². The van der Waals surface area contributed by atoms with Crippen LogP contribution in [0.2, 0.25) is 0 Å². The molecule has 0 unspecified atom stereocenters. The highest BCUT2D eigenvalue weighted by Gasteiger charge is 2.24. The predicted octanol–water partition coefficient (Wildman–Crippen LogP) is 4.73. The monoisotopic (exact) mass is 278 g/mol. The van der Waals surface area contributed by atoms with Crippen LogP contribution < -0.4 is 0 Å². The summed E-state index contributed by atoms with van der Waals surface area (Å²) in [4.78, 5) is 0. The second-order valence-corrected chi connectivity index (χ2v) is 4.84. The van der Waals surface area contributed by atoms with E-state index in [-0.39, 0.29) is 22.4 Å². The molecule has 0 saturated carbocycles. The minimum Gasteiger partial charge on any atom is -0.507 e. The molecule has 0 fully saturated rings. The van der Waals surface area contributed by atoms with Gasteiger partial charge in [0.2, 0.25) is 0 Å². The summed E-state index contributed by atoms with van der Waals surface area (Å²) < 4.78 is 40.2. The number of phenolic OH excluding ortho intramolecular Hbond substituents is 1. The maximum absolute atomic E-state index is 13.8. The van der Waals surface area contributed by atoms with Gasteiger partial charge < -0.3 is 5.11 Å². The van der Waals surface area contributed by atoms with Gasteiger partial charge in [-0.15, -0.1) is 6.42 Å². The van der Waals surface area contributed by atoms with Crippen LogP contribution in [0.1, 0.15) is 42.9 Å². The summed E-state index contributed by atoms with van der Waals surface area (Å²) in [6.07, 6.45) is 2.45. The lowest BCUT2D eigenvalue weighted by Crippen LogP contribution is -2.02. The van der Waals surface area contributed by atoms with Crippen molar-refractivity contribution < 1.29 is 18.3 Å². The molecule has 2 aromatic carbocycles. The molecule has 0 heterocycles. The third-order valence-electron chi connectivity index (χ3n) is 3.25. The maximum atomic E-state index is 13.8. The summed E-state index contributed by atoms with van der Waals surface area (Å²) in [6.45, 7) is 3.40. The summed E-state index contributed by atoms with van der Waals surface area (Å²) >= 11 is 0. The Morgan fingerprint density at radius 3 is 2.35 bits per heavy atom. The van der Waals surface area contributed by atoms with Crippen LogP contribution in [-0.2, 0) is 0 Å². The van der Waals surface area contributed by atoms with E-state index in [0.29, 0.717) is 5.39 Å². The number of fused-ring (bicyclic) bond motifs is 1. The average Bonchev–Trinajstić information content (AvgIpc) is 2.37. The number of benzene rings is 2. The topological polar surface area (TPSA) is 20.2 Å². The van der Waals surface area contributed by atoms with Crippen molar-refractivity contribution in [3.05, 3.63) is 40.7 Å². The SMILES string of the molecule is C#Cc1c(F)ccc2cc(O)c(C(F)F)c(C(C)C)c12. The van der Waals surface area contributed by atoms with Gasteiger partial charge in [-0.3, -0.25) is 0 Å². The molecule has 2 rings (SSSR count). The molecular weight excluding hydrogens is 265 g/mol. The molecule has 0 amide bonds. The smallest absolute Gasteiger partial charge is 0.267 e. The highest BCUT2D eigenvalue weighted by molar-refractivity contribution is 5.94. The van der Waals surface area contributed by atoms with Crippen LogP contribution in [0.3, 0.4) is 0 Å². The Morgan fingerprint density at radius 1 is 1.20 bits per heavy atom. The number of alkyl halides is 2. The second-order valence-electron chi connectivity index (χ2n) is 4.84. The van der Waals surface area contributed by atoms with Crippen LogP contribution >= 0.6 is 0 Å². The number of rotatable bonds is 2. The molecule has 0 bridgehead atoms. The van der Waals surface area contributed by atoms with Crippen molar-refractivity contribution in [2.75, 3.05) is 0 Å². The molecule has 0 aliphatic carbocycles. The van der Waals surface area contributed by atoms with E-state index in [2.05, 4.69) is 5.92 Å². The Bertz CT molecular complexity index is 712. The zero-order chi connectivity index (χ0) is 15.0. The number of hydrogen-bond acceptors (Lipinski definition) is 1. The fourth-order valence-electron chi connectivity index (χ4n) is 2.47. The average molecular weight is 278 g/mol. The van der Waals surface area contributed by atoms with Crippen molar-refractivity contribution in [1.29, 1.82) is 0 Å². The Morgan fingerprint density at radius 2 is 1.85 bits per heavy atom. The predicted molar refractivity (Wildman–Crippen MR) is 72.6 cm³/mol. The zero-order valence-electron chi connectivity index (χ0n) is 11.0. The van der Waals surface area contributed by atoms with Crippen LogP contribution in [0.5, 0.6) is 5.75 Å². The third-order valence-corrected chi connectivity index (χ3v) is 3.25. The van der Waals surface area contributed by atoms with E-state index in [1.807, 2.05) is 0 Å². The molecular formula is C16H13F3O. The highest BCUT2D eigenvalue weighted by atomic mass is 19.3. The summed E-state index contributed by atoms with van der Waals surface area (Å²) in [5, 5.41) is 10.5. The van der Waals surface area contributed by atoms with Crippen molar-refractivity contribution >= 4 is 10.8 Å². The van der Waals surface area contributed by atoms with Crippen molar-refractivity contribution in [1.82, 2.24) is 0 Å². The van der Waals surface area contributed by atoms with Gasteiger partial charge in [0, 0.05) is 5.39 Å². The van der Waals surface area contributed by atoms with Gasteiger partial charge in [-0.05, 0) is 29.0 Å². The minimum atomic E-state index is -2.86. The quantitative estimate of drug-likeness (QED) is 0.787. The van der Waals surface area contributed by atoms with Gasteiger partial charge in [0.1, 0.15) is 11.6 Å². The van der Waals surface area contributed by atoms with Crippen molar-refractivity contribution in [3.63, 3.8) is 0 Å². The van der Waals surface area contributed by atoms with Crippen LogP contribution in [0.4, 0.5) is 13.2 Å². The lowest BCUT2D eigenvalue weighted by atomic mass is 9.88. The van der Waals surface area contributed by atoms with E-state index in [1.165, 1.54) is 18.2 Å². The maximum Gasteiger partial charge on any atom is 0.267 e. The molecule has 0 spiro atoms. The number of aromatic hydroxyl groups is 1. The van der Waals surface area contributed by atoms with Crippen LogP contribution in [0.15, 0.2) is 18.2 Å². The first-order chi connectivity index (χ1) is 9.38. The Kier molecular flexibility index (Phi) is 3.63. The molecule has 0 radical (unpaired) electrons. The molecule has 20 heavy (non-hydrogen) atoms. The van der Waals surface area contributed by atoms with Gasteiger partial charge in [-0.25, -0.2) is 13.2 Å². The van der Waals surface area contributed by atoms with E-state index in [0.717, 1.165) is 0 Å². The third kappa shape index (κ3) is 2.09. The second kappa shape index (κ2) is 5.09. The van der Waals surface area contributed by atoms with Gasteiger partial charge in [-0.1, -0.05) is 25.8 Å². The molecule has 4 heteroatoms. The van der Waals surface area contributed by atoms with E-state index in [1.54, 1.807) is 13.8 Å². The standard InChI is InChI=1S/C16H13F3O/c1-4-10-11(17)6-5-9-7-12(20)15(16(18)19)13(8(2)3)14(9)10/h1,5-8,16,20H,2-3H3. The Balaban J connectivity index is 3.07. The normalized spacial score (nSPS) is 11.3. The van der Waals surface area contributed by atoms with E-state index in [9.17, 15) is 18.3 Å². The number of terminal acetylenes is 1. The molecule has 0 aliphatic rings. The summed E-state index contributed by atoms with van der Waals surface area (Å²) in [7, 11) is 0. The van der Waals surface area contributed by atoms with Gasteiger partial charge in [-0.2, -0.15) is 0 Å². The molecule has 0 aromatic heterocycles. The molecule has 1 N–H and O–H groups in total. The van der Waals surface area contributed by atoms with Crippen LogP contribution in [-0.4, -0.2) is 5.11 Å². The number of halogens is 3. The first-order valence-corrected chi connectivity index (χ1v) is 6.11. The van der Waals surface area contributed by atoms with E-state index < -0.39 is 23.6 Å². The minimum absolute atomic E-state index is 0.0481. The van der Waals surface area contributed by atoms with E-state index >= 15 is 0 Å². The number of phenols is 1. The summed E-state index contributed by atoms with van der Waals surface area (Å²) in [5.74, 6) is 0.760. The molecule has 2 aromatic rings. The van der Waals surface area contributed by atoms with Gasteiger partial charge in [0.25, 0.3) is 6.43 Å². The molecule has 0 aliphatic heterocycles. The van der Waals surface area contributed by atoms with Gasteiger partial charge >= 0.3 is 0 Å². The Hall–Kier alpha value is -2.15. The Labute approximate surface area is 115 Å². The fraction of sp³-hybridized carbons (Fsp3) is 0.250. The highest BCUT2D eigenvalue weighted by Crippen LogP contribution is 2.41. The summed E-state index contributed by atoms with van der Waals surface area (Å²) in [5.41, 5.74) is -0.329. The lowest BCUT2D eigenvalue weighted by molar-refractivity contribution is 0.146. The first-order valence-electron chi connectivity index (χ1n) is 6.11. The zero-order valence-corrected chi connectivity index (χ0v) is 11.0. The molecule has 0 saturated heterocycles. The largest absolute Gasteiger partial charge is 0.507 e. The summed E-state index contributed by atoms with van der Waals surface area (Å²) in [6, 6.07) is 3.79. The van der Waals surface area contributed by atoms with Crippen LogP contribution in [0.25, 0.3) is 10.8 Å². The lowest BCUT2D eigenvalue weighted by Gasteiger charge is -2.18.